The number of hydrogen-bond donors (Lipinski definition) is 1. The van der Waals surface area contributed by atoms with Crippen molar-refractivity contribution < 1.29 is 9.90 Å². The molecule has 0 spiro atoms. The SMILES string of the molecule is CCC(C)N(CC)C(C)C(=O)O. The second-order valence-electron chi connectivity index (χ2n) is 3.10. The molecule has 0 aliphatic rings. The molecule has 0 radical (unpaired) electrons. The molecule has 0 aromatic heterocycles. The summed E-state index contributed by atoms with van der Waals surface area (Å²) in [5.74, 6) is -0.739. The van der Waals surface area contributed by atoms with Crippen LogP contribution >= 0.6 is 0 Å². The maximum atomic E-state index is 10.7. The fourth-order valence-corrected chi connectivity index (χ4v) is 1.34. The fraction of sp³-hybridized carbons (Fsp3) is 0.889. The van der Waals surface area contributed by atoms with Crippen molar-refractivity contribution in [2.24, 2.45) is 0 Å². The second-order valence-corrected chi connectivity index (χ2v) is 3.10. The number of carboxylic acid groups (broad SMARTS) is 1. The Labute approximate surface area is 74.4 Å². The van der Waals surface area contributed by atoms with Crippen molar-refractivity contribution in [3.8, 4) is 0 Å². The van der Waals surface area contributed by atoms with Gasteiger partial charge in [-0.05, 0) is 26.8 Å². The van der Waals surface area contributed by atoms with Crippen molar-refractivity contribution in [1.82, 2.24) is 4.90 Å². The quantitative estimate of drug-likeness (QED) is 0.686. The Balaban J connectivity index is 4.23. The topological polar surface area (TPSA) is 40.5 Å². The van der Waals surface area contributed by atoms with E-state index >= 15 is 0 Å². The molecule has 0 amide bonds. The molecular formula is C9H19NO2. The van der Waals surface area contributed by atoms with Crippen LogP contribution in [-0.2, 0) is 4.79 Å². The van der Waals surface area contributed by atoms with E-state index < -0.39 is 5.97 Å². The molecule has 0 fully saturated rings. The van der Waals surface area contributed by atoms with Gasteiger partial charge in [0.05, 0.1) is 0 Å². The molecule has 2 unspecified atom stereocenters. The van der Waals surface area contributed by atoms with Crippen LogP contribution in [0.15, 0.2) is 0 Å². The van der Waals surface area contributed by atoms with Gasteiger partial charge in [-0.15, -0.1) is 0 Å². The summed E-state index contributed by atoms with van der Waals surface area (Å²) < 4.78 is 0. The third kappa shape index (κ3) is 2.81. The maximum Gasteiger partial charge on any atom is 0.320 e. The first kappa shape index (κ1) is 11.4. The molecule has 12 heavy (non-hydrogen) atoms. The Hall–Kier alpha value is -0.570. The summed E-state index contributed by atoms with van der Waals surface area (Å²) in [6.07, 6.45) is 0.992. The molecule has 1 N–H and O–H groups in total. The van der Waals surface area contributed by atoms with Crippen molar-refractivity contribution in [2.75, 3.05) is 6.54 Å². The van der Waals surface area contributed by atoms with E-state index in [1.165, 1.54) is 0 Å². The van der Waals surface area contributed by atoms with Crippen molar-refractivity contribution >= 4 is 5.97 Å². The molecule has 0 heterocycles. The van der Waals surface area contributed by atoms with Gasteiger partial charge in [0.2, 0.25) is 0 Å². The Morgan fingerprint density at radius 3 is 2.17 bits per heavy atom. The zero-order valence-corrected chi connectivity index (χ0v) is 8.37. The Kier molecular flexibility index (Phi) is 4.90. The van der Waals surface area contributed by atoms with E-state index in [1.807, 2.05) is 11.8 Å². The molecule has 0 saturated carbocycles. The van der Waals surface area contributed by atoms with E-state index in [0.29, 0.717) is 6.04 Å². The summed E-state index contributed by atoms with van der Waals surface area (Å²) in [6, 6.07) is -0.0222. The lowest BCUT2D eigenvalue weighted by atomic mass is 10.1. The Morgan fingerprint density at radius 2 is 1.92 bits per heavy atom. The molecule has 72 valence electrons. The molecule has 0 aliphatic carbocycles. The number of rotatable bonds is 5. The molecule has 0 aromatic rings. The largest absolute Gasteiger partial charge is 0.480 e. The number of carboxylic acids is 1. The normalized spacial score (nSPS) is 16.1. The summed E-state index contributed by atoms with van der Waals surface area (Å²) in [7, 11) is 0. The number of nitrogens with zero attached hydrogens (tertiary/aromatic N) is 1. The summed E-state index contributed by atoms with van der Waals surface area (Å²) in [4.78, 5) is 12.7. The molecule has 0 saturated heterocycles. The molecule has 0 aromatic carbocycles. The summed E-state index contributed by atoms with van der Waals surface area (Å²) in [6.45, 7) is 8.65. The Bertz CT molecular complexity index is 147. The van der Waals surface area contributed by atoms with Crippen LogP contribution in [0.4, 0.5) is 0 Å². The highest BCUT2D eigenvalue weighted by Crippen LogP contribution is 2.08. The van der Waals surface area contributed by atoms with Gasteiger partial charge in [0.25, 0.3) is 0 Å². The number of hydrogen-bond acceptors (Lipinski definition) is 2. The molecule has 3 heteroatoms. The monoisotopic (exact) mass is 173 g/mol. The highest BCUT2D eigenvalue weighted by atomic mass is 16.4. The van der Waals surface area contributed by atoms with Crippen molar-refractivity contribution in [1.29, 1.82) is 0 Å². The summed E-state index contributed by atoms with van der Waals surface area (Å²) in [5, 5.41) is 8.79. The highest BCUT2D eigenvalue weighted by molar-refractivity contribution is 5.72. The van der Waals surface area contributed by atoms with E-state index in [-0.39, 0.29) is 6.04 Å². The molecular weight excluding hydrogens is 154 g/mol. The zero-order chi connectivity index (χ0) is 9.72. The highest BCUT2D eigenvalue weighted by Gasteiger charge is 2.22. The molecule has 3 nitrogen and oxygen atoms in total. The minimum Gasteiger partial charge on any atom is -0.480 e. The van der Waals surface area contributed by atoms with E-state index in [0.717, 1.165) is 13.0 Å². The molecule has 0 aliphatic heterocycles. The van der Waals surface area contributed by atoms with Crippen LogP contribution in [0.25, 0.3) is 0 Å². The lowest BCUT2D eigenvalue weighted by Gasteiger charge is -2.30. The van der Waals surface area contributed by atoms with Crippen molar-refractivity contribution in [3.05, 3.63) is 0 Å². The van der Waals surface area contributed by atoms with E-state index in [4.69, 9.17) is 5.11 Å². The van der Waals surface area contributed by atoms with E-state index in [1.54, 1.807) is 6.92 Å². The van der Waals surface area contributed by atoms with Gasteiger partial charge in [0.15, 0.2) is 0 Å². The minimum absolute atomic E-state index is 0.348. The number of aliphatic carboxylic acids is 1. The van der Waals surface area contributed by atoms with E-state index in [9.17, 15) is 4.79 Å². The van der Waals surface area contributed by atoms with Gasteiger partial charge in [-0.3, -0.25) is 9.69 Å². The van der Waals surface area contributed by atoms with Crippen LogP contribution < -0.4 is 0 Å². The number of carbonyl (C=O) groups is 1. The second kappa shape index (κ2) is 5.14. The molecule has 0 bridgehead atoms. The van der Waals surface area contributed by atoms with Crippen LogP contribution in [0.5, 0.6) is 0 Å². The van der Waals surface area contributed by atoms with Crippen LogP contribution in [0.3, 0.4) is 0 Å². The molecule has 2 atom stereocenters. The third-order valence-corrected chi connectivity index (χ3v) is 2.38. The maximum absolute atomic E-state index is 10.7. The lowest BCUT2D eigenvalue weighted by Crippen LogP contribution is -2.44. The van der Waals surface area contributed by atoms with Crippen molar-refractivity contribution in [2.45, 2.75) is 46.2 Å². The zero-order valence-electron chi connectivity index (χ0n) is 8.37. The van der Waals surface area contributed by atoms with Gasteiger partial charge in [-0.25, -0.2) is 0 Å². The average Bonchev–Trinajstić information content (AvgIpc) is 2.05. The van der Waals surface area contributed by atoms with Gasteiger partial charge in [-0.1, -0.05) is 13.8 Å². The van der Waals surface area contributed by atoms with Gasteiger partial charge >= 0.3 is 5.97 Å². The molecule has 0 rings (SSSR count). The van der Waals surface area contributed by atoms with Crippen LogP contribution in [0, 0.1) is 0 Å². The first-order valence-corrected chi connectivity index (χ1v) is 4.53. The van der Waals surface area contributed by atoms with Gasteiger partial charge in [0, 0.05) is 6.04 Å². The predicted octanol–water partition coefficient (Wildman–Crippen LogP) is 1.58. The fourth-order valence-electron chi connectivity index (χ4n) is 1.34. The lowest BCUT2D eigenvalue weighted by molar-refractivity contribution is -0.143. The summed E-state index contributed by atoms with van der Waals surface area (Å²) >= 11 is 0. The first-order chi connectivity index (χ1) is 5.54. The van der Waals surface area contributed by atoms with Crippen molar-refractivity contribution in [3.63, 3.8) is 0 Å². The number of likely N-dealkylation sites (N-methyl/N-ethyl adjacent to an activating group) is 1. The first-order valence-electron chi connectivity index (χ1n) is 4.53. The standard InChI is InChI=1S/C9H19NO2/c1-5-7(3)10(6-2)8(4)9(11)12/h7-8H,5-6H2,1-4H3,(H,11,12). The van der Waals surface area contributed by atoms with Gasteiger partial charge in [0.1, 0.15) is 6.04 Å². The minimum atomic E-state index is -0.739. The Morgan fingerprint density at radius 1 is 1.42 bits per heavy atom. The predicted molar refractivity (Wildman–Crippen MR) is 49.2 cm³/mol. The van der Waals surface area contributed by atoms with E-state index in [2.05, 4.69) is 13.8 Å². The third-order valence-electron chi connectivity index (χ3n) is 2.38. The smallest absolute Gasteiger partial charge is 0.320 e. The van der Waals surface area contributed by atoms with Gasteiger partial charge < -0.3 is 5.11 Å². The average molecular weight is 173 g/mol. The van der Waals surface area contributed by atoms with Crippen LogP contribution in [0.1, 0.15) is 34.1 Å². The van der Waals surface area contributed by atoms with Crippen LogP contribution in [0.2, 0.25) is 0 Å². The summed E-state index contributed by atoms with van der Waals surface area (Å²) in [5.41, 5.74) is 0. The van der Waals surface area contributed by atoms with Gasteiger partial charge in [-0.2, -0.15) is 0 Å². The van der Waals surface area contributed by atoms with Crippen LogP contribution in [-0.4, -0.2) is 34.6 Å².